The Bertz CT molecular complexity index is 515. The van der Waals surface area contributed by atoms with Gasteiger partial charge >= 0.3 is 12.1 Å². The van der Waals surface area contributed by atoms with E-state index in [0.29, 0.717) is 25.1 Å². The number of anilines is 1. The quantitative estimate of drug-likeness (QED) is 0.838. The number of nitrogens with zero attached hydrogens (tertiary/aromatic N) is 2. The maximum Gasteiger partial charge on any atom is 0.414 e. The van der Waals surface area contributed by atoms with Gasteiger partial charge in [-0.1, -0.05) is 5.16 Å². The molecule has 104 valence electrons. The Hall–Kier alpha value is -2.05. The SMILES string of the molecule is CC(C)(C)OC(=O)N1CCCc2noc(C(=O)O)c21. The third-order valence-electron chi connectivity index (χ3n) is 2.61. The van der Waals surface area contributed by atoms with Crippen LogP contribution in [-0.4, -0.2) is 34.5 Å². The van der Waals surface area contributed by atoms with Crippen LogP contribution in [0.3, 0.4) is 0 Å². The Morgan fingerprint density at radius 3 is 2.68 bits per heavy atom. The normalized spacial score (nSPS) is 15.0. The summed E-state index contributed by atoms with van der Waals surface area (Å²) in [5.74, 6) is -1.57. The van der Waals surface area contributed by atoms with Crippen molar-refractivity contribution in [1.82, 2.24) is 5.16 Å². The highest BCUT2D eigenvalue weighted by atomic mass is 16.6. The van der Waals surface area contributed by atoms with Gasteiger partial charge in [0, 0.05) is 6.54 Å². The summed E-state index contributed by atoms with van der Waals surface area (Å²) in [7, 11) is 0. The van der Waals surface area contributed by atoms with Gasteiger partial charge in [-0.15, -0.1) is 0 Å². The van der Waals surface area contributed by atoms with Crippen LogP contribution in [0.2, 0.25) is 0 Å². The number of fused-ring (bicyclic) bond motifs is 1. The molecule has 2 heterocycles. The van der Waals surface area contributed by atoms with E-state index in [1.165, 1.54) is 4.90 Å². The molecule has 1 aromatic heterocycles. The number of aromatic nitrogens is 1. The summed E-state index contributed by atoms with van der Waals surface area (Å²) in [6.07, 6.45) is 0.697. The van der Waals surface area contributed by atoms with Crippen LogP contribution in [0.15, 0.2) is 4.52 Å². The average molecular weight is 268 g/mol. The molecule has 0 spiro atoms. The minimum absolute atomic E-state index is 0.216. The summed E-state index contributed by atoms with van der Waals surface area (Å²) >= 11 is 0. The number of hydrogen-bond acceptors (Lipinski definition) is 5. The number of rotatable bonds is 1. The molecule has 1 aliphatic rings. The number of carboxylic acids is 1. The van der Waals surface area contributed by atoms with Crippen molar-refractivity contribution in [1.29, 1.82) is 0 Å². The first-order valence-electron chi connectivity index (χ1n) is 6.02. The van der Waals surface area contributed by atoms with Crippen LogP contribution in [0, 0.1) is 0 Å². The standard InChI is InChI=1S/C12H16N2O5/c1-12(2,3)18-11(17)14-6-4-5-7-8(14)9(10(15)16)19-13-7/h4-6H2,1-3H3,(H,15,16). The molecule has 0 atom stereocenters. The molecule has 7 heteroatoms. The number of carbonyl (C=O) groups excluding carboxylic acids is 1. The van der Waals surface area contributed by atoms with Crippen LogP contribution in [0.1, 0.15) is 43.4 Å². The van der Waals surface area contributed by atoms with Crippen molar-refractivity contribution in [2.75, 3.05) is 11.4 Å². The number of carbonyl (C=O) groups is 2. The molecule has 1 amide bonds. The van der Waals surface area contributed by atoms with Gasteiger partial charge < -0.3 is 14.4 Å². The molecule has 0 bridgehead atoms. The first-order chi connectivity index (χ1) is 8.79. The van der Waals surface area contributed by atoms with Crippen molar-refractivity contribution < 1.29 is 24.0 Å². The van der Waals surface area contributed by atoms with Crippen LogP contribution in [0.4, 0.5) is 10.5 Å². The zero-order valence-corrected chi connectivity index (χ0v) is 11.1. The fourth-order valence-corrected chi connectivity index (χ4v) is 1.92. The van der Waals surface area contributed by atoms with Crippen molar-refractivity contribution >= 4 is 17.7 Å². The molecule has 0 aliphatic carbocycles. The largest absolute Gasteiger partial charge is 0.475 e. The van der Waals surface area contributed by atoms with Gasteiger partial charge in [0.1, 0.15) is 17.0 Å². The van der Waals surface area contributed by atoms with Crippen LogP contribution in [-0.2, 0) is 11.2 Å². The average Bonchev–Trinajstić information content (AvgIpc) is 2.69. The fraction of sp³-hybridized carbons (Fsp3) is 0.583. The fourth-order valence-electron chi connectivity index (χ4n) is 1.92. The maximum absolute atomic E-state index is 12.1. The predicted molar refractivity (Wildman–Crippen MR) is 65.4 cm³/mol. The summed E-state index contributed by atoms with van der Waals surface area (Å²) in [5, 5.41) is 12.8. The lowest BCUT2D eigenvalue weighted by molar-refractivity contribution is 0.0577. The van der Waals surface area contributed by atoms with E-state index in [9.17, 15) is 9.59 Å². The molecular weight excluding hydrogens is 252 g/mol. The predicted octanol–water partition coefficient (Wildman–Crippen LogP) is 2.06. The van der Waals surface area contributed by atoms with Gasteiger partial charge in [0.05, 0.1) is 0 Å². The van der Waals surface area contributed by atoms with Crippen LogP contribution in [0.25, 0.3) is 0 Å². The highest BCUT2D eigenvalue weighted by Gasteiger charge is 2.34. The van der Waals surface area contributed by atoms with E-state index in [2.05, 4.69) is 5.16 Å². The highest BCUT2D eigenvalue weighted by molar-refractivity contribution is 5.98. The van der Waals surface area contributed by atoms with Crippen molar-refractivity contribution in [2.24, 2.45) is 0 Å². The Kier molecular flexibility index (Phi) is 3.21. The lowest BCUT2D eigenvalue weighted by atomic mass is 10.1. The van der Waals surface area contributed by atoms with Crippen molar-refractivity contribution in [3.05, 3.63) is 11.5 Å². The summed E-state index contributed by atoms with van der Waals surface area (Å²) < 4.78 is 10.1. The Balaban J connectivity index is 2.33. The molecule has 1 aromatic rings. The molecule has 1 aliphatic heterocycles. The van der Waals surface area contributed by atoms with Gasteiger partial charge in [-0.05, 0) is 33.6 Å². The monoisotopic (exact) mass is 268 g/mol. The highest BCUT2D eigenvalue weighted by Crippen LogP contribution is 2.31. The Morgan fingerprint density at radius 2 is 2.11 bits per heavy atom. The smallest absolute Gasteiger partial charge is 0.414 e. The zero-order chi connectivity index (χ0) is 14.2. The van der Waals surface area contributed by atoms with E-state index < -0.39 is 17.7 Å². The minimum Gasteiger partial charge on any atom is -0.475 e. The molecule has 0 saturated carbocycles. The third kappa shape index (κ3) is 2.69. The summed E-state index contributed by atoms with van der Waals surface area (Å²) in [5.41, 5.74) is 0.0532. The van der Waals surface area contributed by atoms with Gasteiger partial charge in [0.15, 0.2) is 0 Å². The van der Waals surface area contributed by atoms with Crippen LogP contribution >= 0.6 is 0 Å². The van der Waals surface area contributed by atoms with E-state index in [1.807, 2.05) is 0 Å². The first-order valence-corrected chi connectivity index (χ1v) is 6.02. The maximum atomic E-state index is 12.1. The number of aryl methyl sites for hydroxylation is 1. The second-order valence-corrected chi connectivity index (χ2v) is 5.35. The molecule has 0 fully saturated rings. The van der Waals surface area contributed by atoms with Gasteiger partial charge in [-0.2, -0.15) is 0 Å². The molecule has 19 heavy (non-hydrogen) atoms. The van der Waals surface area contributed by atoms with Crippen molar-refractivity contribution in [3.63, 3.8) is 0 Å². The van der Waals surface area contributed by atoms with Gasteiger partial charge in [-0.3, -0.25) is 4.90 Å². The van der Waals surface area contributed by atoms with Gasteiger partial charge in [0.2, 0.25) is 0 Å². The molecular formula is C12H16N2O5. The zero-order valence-electron chi connectivity index (χ0n) is 11.1. The van der Waals surface area contributed by atoms with Crippen LogP contribution in [0.5, 0.6) is 0 Å². The molecule has 0 radical (unpaired) electrons. The van der Waals surface area contributed by atoms with E-state index in [-0.39, 0.29) is 11.4 Å². The van der Waals surface area contributed by atoms with Crippen LogP contribution < -0.4 is 4.90 Å². The minimum atomic E-state index is -1.25. The van der Waals surface area contributed by atoms with Gasteiger partial charge in [-0.25, -0.2) is 9.59 Å². The summed E-state index contributed by atoms with van der Waals surface area (Å²) in [6.45, 7) is 5.65. The topological polar surface area (TPSA) is 92.9 Å². The summed E-state index contributed by atoms with van der Waals surface area (Å²) in [4.78, 5) is 24.4. The van der Waals surface area contributed by atoms with E-state index in [0.717, 1.165) is 0 Å². The molecule has 7 nitrogen and oxygen atoms in total. The molecule has 0 aromatic carbocycles. The molecule has 0 unspecified atom stereocenters. The summed E-state index contributed by atoms with van der Waals surface area (Å²) in [6, 6.07) is 0. The second kappa shape index (κ2) is 4.56. The first kappa shape index (κ1) is 13.4. The van der Waals surface area contributed by atoms with E-state index in [1.54, 1.807) is 20.8 Å². The second-order valence-electron chi connectivity index (χ2n) is 5.35. The molecule has 1 N–H and O–H groups in total. The van der Waals surface area contributed by atoms with E-state index >= 15 is 0 Å². The van der Waals surface area contributed by atoms with E-state index in [4.69, 9.17) is 14.4 Å². The number of hydrogen-bond donors (Lipinski definition) is 1. The number of carboxylic acid groups (broad SMARTS) is 1. The number of amides is 1. The lowest BCUT2D eigenvalue weighted by Crippen LogP contribution is -2.40. The third-order valence-corrected chi connectivity index (χ3v) is 2.61. The Morgan fingerprint density at radius 1 is 1.42 bits per heavy atom. The molecule has 0 saturated heterocycles. The Labute approximate surface area is 110 Å². The molecule has 2 rings (SSSR count). The van der Waals surface area contributed by atoms with Gasteiger partial charge in [0.25, 0.3) is 5.76 Å². The lowest BCUT2D eigenvalue weighted by Gasteiger charge is -2.29. The van der Waals surface area contributed by atoms with Crippen molar-refractivity contribution in [3.8, 4) is 0 Å². The number of ether oxygens (including phenoxy) is 1. The van der Waals surface area contributed by atoms with Crippen molar-refractivity contribution in [2.45, 2.75) is 39.2 Å². The number of aromatic carboxylic acids is 1.